The Bertz CT molecular complexity index is 476. The maximum absolute atomic E-state index is 11.7. The predicted octanol–water partition coefficient (Wildman–Crippen LogP) is 3.09. The monoisotopic (exact) mass is 302 g/mol. The minimum Gasteiger partial charge on any atom is -0.355 e. The van der Waals surface area contributed by atoms with Crippen LogP contribution in [0.3, 0.4) is 0 Å². The first-order chi connectivity index (χ1) is 8.88. The first kappa shape index (κ1) is 15.8. The van der Waals surface area contributed by atoms with Crippen LogP contribution in [0.15, 0.2) is 18.2 Å². The van der Waals surface area contributed by atoms with E-state index in [9.17, 15) is 9.59 Å². The van der Waals surface area contributed by atoms with Crippen molar-refractivity contribution in [3.63, 3.8) is 0 Å². The van der Waals surface area contributed by atoms with Crippen molar-refractivity contribution in [2.45, 2.75) is 20.3 Å². The lowest BCUT2D eigenvalue weighted by Crippen LogP contribution is -2.30. The Morgan fingerprint density at radius 1 is 1.21 bits per heavy atom. The summed E-state index contributed by atoms with van der Waals surface area (Å²) in [7, 11) is 0. The molecule has 0 bridgehead atoms. The maximum Gasteiger partial charge on any atom is 0.233 e. The zero-order chi connectivity index (χ0) is 14.4. The smallest absolute Gasteiger partial charge is 0.233 e. The molecule has 0 heterocycles. The van der Waals surface area contributed by atoms with E-state index in [1.807, 2.05) is 13.8 Å². The fourth-order valence-electron chi connectivity index (χ4n) is 1.31. The lowest BCUT2D eigenvalue weighted by molar-refractivity contribution is -0.126. The van der Waals surface area contributed by atoms with E-state index < -0.39 is 5.91 Å². The van der Waals surface area contributed by atoms with Gasteiger partial charge < -0.3 is 10.6 Å². The van der Waals surface area contributed by atoms with Crippen molar-refractivity contribution >= 4 is 40.7 Å². The molecule has 0 unspecified atom stereocenters. The van der Waals surface area contributed by atoms with Crippen molar-refractivity contribution in [3.8, 4) is 0 Å². The highest BCUT2D eigenvalue weighted by atomic mass is 35.5. The summed E-state index contributed by atoms with van der Waals surface area (Å²) in [6, 6.07) is 4.74. The van der Waals surface area contributed by atoms with Crippen LogP contribution in [0, 0.1) is 5.92 Å². The van der Waals surface area contributed by atoms with Gasteiger partial charge in [-0.2, -0.15) is 0 Å². The quantitative estimate of drug-likeness (QED) is 0.821. The van der Waals surface area contributed by atoms with Gasteiger partial charge in [0.25, 0.3) is 0 Å². The number of hydrogen-bond donors (Lipinski definition) is 2. The molecular formula is C13H16Cl2N2O2. The Morgan fingerprint density at radius 2 is 1.89 bits per heavy atom. The molecule has 0 radical (unpaired) electrons. The van der Waals surface area contributed by atoms with Gasteiger partial charge in [-0.25, -0.2) is 0 Å². The molecule has 6 heteroatoms. The zero-order valence-corrected chi connectivity index (χ0v) is 12.3. The van der Waals surface area contributed by atoms with E-state index in [4.69, 9.17) is 23.2 Å². The summed E-state index contributed by atoms with van der Waals surface area (Å²) in [5.41, 5.74) is 0.399. The van der Waals surface area contributed by atoms with Crippen LogP contribution in [-0.4, -0.2) is 18.4 Å². The minimum atomic E-state index is -0.426. The SMILES string of the molecule is CC(C)CNC(=O)CC(=O)Nc1cc(Cl)ccc1Cl. The molecule has 0 saturated heterocycles. The third-order valence-corrected chi connectivity index (χ3v) is 2.80. The third kappa shape index (κ3) is 5.94. The molecule has 0 aliphatic rings. The summed E-state index contributed by atoms with van der Waals surface area (Å²) in [5, 5.41) is 6.06. The van der Waals surface area contributed by atoms with E-state index in [0.29, 0.717) is 28.2 Å². The fraction of sp³-hybridized carbons (Fsp3) is 0.385. The molecule has 2 amide bonds. The highest BCUT2D eigenvalue weighted by molar-refractivity contribution is 6.35. The zero-order valence-electron chi connectivity index (χ0n) is 10.8. The Labute approximate surface area is 122 Å². The predicted molar refractivity (Wildman–Crippen MR) is 77.6 cm³/mol. The van der Waals surface area contributed by atoms with Crippen molar-refractivity contribution in [2.75, 3.05) is 11.9 Å². The van der Waals surface area contributed by atoms with E-state index >= 15 is 0 Å². The summed E-state index contributed by atoms with van der Waals surface area (Å²) in [5.74, 6) is -0.399. The van der Waals surface area contributed by atoms with Crippen LogP contribution in [0.2, 0.25) is 10.0 Å². The number of benzene rings is 1. The molecule has 2 N–H and O–H groups in total. The average molecular weight is 303 g/mol. The van der Waals surface area contributed by atoms with Crippen molar-refractivity contribution in [1.82, 2.24) is 5.32 Å². The third-order valence-electron chi connectivity index (χ3n) is 2.23. The van der Waals surface area contributed by atoms with Crippen molar-refractivity contribution in [1.29, 1.82) is 0 Å². The van der Waals surface area contributed by atoms with Gasteiger partial charge in [0.05, 0.1) is 10.7 Å². The Hall–Kier alpha value is -1.26. The number of carbonyl (C=O) groups excluding carboxylic acids is 2. The minimum absolute atomic E-state index is 0.241. The van der Waals surface area contributed by atoms with Crippen LogP contribution in [0.1, 0.15) is 20.3 Å². The van der Waals surface area contributed by atoms with Crippen LogP contribution in [0.5, 0.6) is 0 Å². The van der Waals surface area contributed by atoms with Crippen LogP contribution in [0.4, 0.5) is 5.69 Å². The first-order valence-corrected chi connectivity index (χ1v) is 6.65. The number of amides is 2. The van der Waals surface area contributed by atoms with Crippen molar-refractivity contribution in [3.05, 3.63) is 28.2 Å². The van der Waals surface area contributed by atoms with Gasteiger partial charge in [0.1, 0.15) is 6.42 Å². The van der Waals surface area contributed by atoms with Gasteiger partial charge in [0.15, 0.2) is 0 Å². The van der Waals surface area contributed by atoms with Crippen LogP contribution in [-0.2, 0) is 9.59 Å². The molecule has 1 rings (SSSR count). The van der Waals surface area contributed by atoms with Gasteiger partial charge in [-0.1, -0.05) is 37.0 Å². The molecule has 4 nitrogen and oxygen atoms in total. The van der Waals surface area contributed by atoms with Crippen LogP contribution >= 0.6 is 23.2 Å². The summed E-state index contributed by atoms with van der Waals surface area (Å²) < 4.78 is 0. The molecule has 0 spiro atoms. The summed E-state index contributed by atoms with van der Waals surface area (Å²) >= 11 is 11.7. The molecule has 0 aliphatic heterocycles. The lowest BCUT2D eigenvalue weighted by Gasteiger charge is -2.09. The topological polar surface area (TPSA) is 58.2 Å². The molecule has 0 aliphatic carbocycles. The Morgan fingerprint density at radius 3 is 2.53 bits per heavy atom. The van der Waals surface area contributed by atoms with Crippen molar-refractivity contribution in [2.24, 2.45) is 5.92 Å². The highest BCUT2D eigenvalue weighted by Gasteiger charge is 2.11. The second-order valence-corrected chi connectivity index (χ2v) is 5.39. The second-order valence-electron chi connectivity index (χ2n) is 4.55. The molecule has 0 saturated carbocycles. The standard InChI is InChI=1S/C13H16Cl2N2O2/c1-8(2)7-16-12(18)6-13(19)17-11-5-9(14)3-4-10(11)15/h3-5,8H,6-7H2,1-2H3,(H,16,18)(H,17,19). The van der Waals surface area contributed by atoms with E-state index in [1.54, 1.807) is 12.1 Å². The lowest BCUT2D eigenvalue weighted by atomic mass is 10.2. The van der Waals surface area contributed by atoms with Gasteiger partial charge in [-0.15, -0.1) is 0 Å². The first-order valence-electron chi connectivity index (χ1n) is 5.90. The average Bonchev–Trinajstić information content (AvgIpc) is 2.31. The number of rotatable bonds is 5. The second kappa shape index (κ2) is 7.36. The fourth-order valence-corrected chi connectivity index (χ4v) is 1.65. The summed E-state index contributed by atoms with van der Waals surface area (Å²) in [6.07, 6.45) is -0.241. The van der Waals surface area contributed by atoms with E-state index in [0.717, 1.165) is 0 Å². The van der Waals surface area contributed by atoms with Gasteiger partial charge in [0.2, 0.25) is 11.8 Å². The van der Waals surface area contributed by atoms with E-state index in [-0.39, 0.29) is 12.3 Å². The van der Waals surface area contributed by atoms with Gasteiger partial charge >= 0.3 is 0 Å². The molecule has 104 valence electrons. The van der Waals surface area contributed by atoms with Gasteiger partial charge in [-0.3, -0.25) is 9.59 Å². The van der Waals surface area contributed by atoms with Crippen LogP contribution in [0.25, 0.3) is 0 Å². The Kier molecular flexibility index (Phi) is 6.12. The summed E-state index contributed by atoms with van der Waals surface area (Å²) in [4.78, 5) is 23.1. The number of halogens is 2. The molecule has 0 fully saturated rings. The number of anilines is 1. The number of hydrogen-bond acceptors (Lipinski definition) is 2. The van der Waals surface area contributed by atoms with Gasteiger partial charge in [0, 0.05) is 11.6 Å². The molecule has 19 heavy (non-hydrogen) atoms. The van der Waals surface area contributed by atoms with E-state index in [1.165, 1.54) is 6.07 Å². The molecule has 0 atom stereocenters. The van der Waals surface area contributed by atoms with Crippen LogP contribution < -0.4 is 10.6 Å². The summed E-state index contributed by atoms with van der Waals surface area (Å²) in [6.45, 7) is 4.50. The molecular weight excluding hydrogens is 287 g/mol. The molecule has 0 aromatic heterocycles. The Balaban J connectivity index is 2.51. The van der Waals surface area contributed by atoms with E-state index in [2.05, 4.69) is 10.6 Å². The number of carbonyl (C=O) groups is 2. The molecule has 1 aromatic rings. The normalized spacial score (nSPS) is 10.4. The molecule has 1 aromatic carbocycles. The van der Waals surface area contributed by atoms with Crippen molar-refractivity contribution < 1.29 is 9.59 Å². The van der Waals surface area contributed by atoms with Gasteiger partial charge in [-0.05, 0) is 24.1 Å². The number of nitrogens with one attached hydrogen (secondary N) is 2. The highest BCUT2D eigenvalue weighted by Crippen LogP contribution is 2.25. The maximum atomic E-state index is 11.7. The largest absolute Gasteiger partial charge is 0.355 e.